The lowest BCUT2D eigenvalue weighted by Gasteiger charge is -2.28. The van der Waals surface area contributed by atoms with E-state index in [0.717, 1.165) is 0 Å². The first-order valence-electron chi connectivity index (χ1n) is 7.33. The lowest BCUT2D eigenvalue weighted by atomic mass is 9.94. The van der Waals surface area contributed by atoms with E-state index in [1.807, 2.05) is 0 Å². The molecule has 0 saturated heterocycles. The molecule has 2 heterocycles. The number of nitrogens with zero attached hydrogens (tertiary/aromatic N) is 1. The molecule has 2 aromatic rings. The van der Waals surface area contributed by atoms with Crippen LogP contribution in [0.2, 0.25) is 0 Å². The predicted molar refractivity (Wildman–Crippen MR) is 88.1 cm³/mol. The van der Waals surface area contributed by atoms with Crippen molar-refractivity contribution in [1.82, 2.24) is 15.6 Å². The third-order valence-corrected chi connectivity index (χ3v) is 3.64. The molecule has 1 aromatic carbocycles. The first kappa shape index (κ1) is 15.5. The molecule has 0 aliphatic carbocycles. The van der Waals surface area contributed by atoms with Crippen LogP contribution in [0.5, 0.6) is 5.75 Å². The summed E-state index contributed by atoms with van der Waals surface area (Å²) in [5.41, 5.74) is 1.98. The van der Waals surface area contributed by atoms with E-state index in [1.54, 1.807) is 37.4 Å². The van der Waals surface area contributed by atoms with Crippen LogP contribution in [0.3, 0.4) is 0 Å². The van der Waals surface area contributed by atoms with Crippen molar-refractivity contribution >= 4 is 17.6 Å². The lowest BCUT2D eigenvalue weighted by Crippen LogP contribution is -2.45. The molecular formula is C17H16N4O3. The summed E-state index contributed by atoms with van der Waals surface area (Å²) in [6.07, 6.45) is 3.14. The van der Waals surface area contributed by atoms with E-state index in [-0.39, 0.29) is 11.7 Å². The van der Waals surface area contributed by atoms with Crippen LogP contribution in [0.4, 0.5) is 10.5 Å². The number of benzene rings is 1. The van der Waals surface area contributed by atoms with Gasteiger partial charge < -0.3 is 21.1 Å². The third kappa shape index (κ3) is 3.19. The molecule has 0 saturated carbocycles. The summed E-state index contributed by atoms with van der Waals surface area (Å²) in [6, 6.07) is 8.80. The third-order valence-electron chi connectivity index (χ3n) is 3.64. The SMILES string of the molecule is CC1=C(C(=O)Nc2cccnc2)C(c2cccc(O)c2)NC(=O)N1. The molecule has 1 aliphatic heterocycles. The van der Waals surface area contributed by atoms with Gasteiger partial charge in [0.2, 0.25) is 0 Å². The molecule has 122 valence electrons. The van der Waals surface area contributed by atoms with E-state index in [1.165, 1.54) is 18.3 Å². The molecule has 1 aliphatic rings. The highest BCUT2D eigenvalue weighted by Gasteiger charge is 2.31. The molecule has 0 fully saturated rings. The van der Waals surface area contributed by atoms with Crippen LogP contribution in [-0.2, 0) is 4.79 Å². The fourth-order valence-electron chi connectivity index (χ4n) is 2.58. The number of hydrogen-bond donors (Lipinski definition) is 4. The Morgan fingerprint density at radius 3 is 2.83 bits per heavy atom. The van der Waals surface area contributed by atoms with Gasteiger partial charge in [0.1, 0.15) is 5.75 Å². The second-order valence-corrected chi connectivity index (χ2v) is 5.36. The number of pyridine rings is 1. The molecule has 7 heteroatoms. The van der Waals surface area contributed by atoms with Crippen molar-refractivity contribution in [2.45, 2.75) is 13.0 Å². The number of nitrogens with one attached hydrogen (secondary N) is 3. The molecule has 0 spiro atoms. The molecule has 3 rings (SSSR count). The Morgan fingerprint density at radius 1 is 1.29 bits per heavy atom. The Labute approximate surface area is 138 Å². The zero-order valence-corrected chi connectivity index (χ0v) is 12.9. The maximum atomic E-state index is 12.7. The van der Waals surface area contributed by atoms with Crippen molar-refractivity contribution in [3.8, 4) is 5.75 Å². The fraction of sp³-hybridized carbons (Fsp3) is 0.118. The number of phenols is 1. The number of rotatable bonds is 3. The van der Waals surface area contributed by atoms with E-state index in [0.29, 0.717) is 22.5 Å². The zero-order valence-electron chi connectivity index (χ0n) is 12.9. The molecule has 24 heavy (non-hydrogen) atoms. The summed E-state index contributed by atoms with van der Waals surface area (Å²) in [5.74, 6) is -0.300. The van der Waals surface area contributed by atoms with Crippen LogP contribution in [-0.4, -0.2) is 22.0 Å². The number of phenolic OH excluding ortho intramolecular Hbond substituents is 1. The Balaban J connectivity index is 1.96. The van der Waals surface area contributed by atoms with E-state index in [9.17, 15) is 14.7 Å². The minimum Gasteiger partial charge on any atom is -0.508 e. The first-order valence-corrected chi connectivity index (χ1v) is 7.33. The highest BCUT2D eigenvalue weighted by atomic mass is 16.3. The van der Waals surface area contributed by atoms with Crippen molar-refractivity contribution in [3.05, 3.63) is 65.6 Å². The minimum atomic E-state index is -0.664. The fourth-order valence-corrected chi connectivity index (χ4v) is 2.58. The van der Waals surface area contributed by atoms with Gasteiger partial charge >= 0.3 is 6.03 Å². The maximum Gasteiger partial charge on any atom is 0.319 e. The molecule has 0 radical (unpaired) electrons. The monoisotopic (exact) mass is 324 g/mol. The summed E-state index contributed by atoms with van der Waals surface area (Å²) in [5, 5.41) is 17.8. The highest BCUT2D eigenvalue weighted by Crippen LogP contribution is 2.29. The number of allylic oxidation sites excluding steroid dienone is 1. The van der Waals surface area contributed by atoms with Gasteiger partial charge in [-0.05, 0) is 36.8 Å². The maximum absolute atomic E-state index is 12.7. The highest BCUT2D eigenvalue weighted by molar-refractivity contribution is 6.06. The van der Waals surface area contributed by atoms with Crippen LogP contribution >= 0.6 is 0 Å². The van der Waals surface area contributed by atoms with E-state index in [2.05, 4.69) is 20.9 Å². The average Bonchev–Trinajstić information content (AvgIpc) is 2.55. The average molecular weight is 324 g/mol. The molecule has 4 N–H and O–H groups in total. The van der Waals surface area contributed by atoms with Crippen LogP contribution in [0.1, 0.15) is 18.5 Å². The lowest BCUT2D eigenvalue weighted by molar-refractivity contribution is -0.113. The smallest absolute Gasteiger partial charge is 0.319 e. The number of amides is 3. The van der Waals surface area contributed by atoms with Gasteiger partial charge in [-0.15, -0.1) is 0 Å². The largest absolute Gasteiger partial charge is 0.508 e. The summed E-state index contributed by atoms with van der Waals surface area (Å²) >= 11 is 0. The van der Waals surface area contributed by atoms with Crippen molar-refractivity contribution in [2.75, 3.05) is 5.32 Å². The normalized spacial score (nSPS) is 17.0. The van der Waals surface area contributed by atoms with Crippen LogP contribution in [0.15, 0.2) is 60.1 Å². The van der Waals surface area contributed by atoms with Crippen molar-refractivity contribution < 1.29 is 14.7 Å². The summed E-state index contributed by atoms with van der Waals surface area (Å²) in [4.78, 5) is 28.5. The summed E-state index contributed by atoms with van der Waals surface area (Å²) in [6.45, 7) is 1.66. The van der Waals surface area contributed by atoms with Crippen LogP contribution in [0, 0.1) is 0 Å². The second kappa shape index (κ2) is 6.41. The number of anilines is 1. The van der Waals surface area contributed by atoms with Gasteiger partial charge in [-0.25, -0.2) is 4.79 Å². The molecule has 0 bridgehead atoms. The molecule has 7 nitrogen and oxygen atoms in total. The Bertz CT molecular complexity index is 818. The number of carbonyl (C=O) groups is 2. The van der Waals surface area contributed by atoms with Gasteiger partial charge in [-0.1, -0.05) is 12.1 Å². The van der Waals surface area contributed by atoms with Gasteiger partial charge in [0, 0.05) is 11.9 Å². The number of aromatic hydroxyl groups is 1. The van der Waals surface area contributed by atoms with Crippen molar-refractivity contribution in [3.63, 3.8) is 0 Å². The van der Waals surface area contributed by atoms with Crippen LogP contribution in [0.25, 0.3) is 0 Å². The van der Waals surface area contributed by atoms with E-state index >= 15 is 0 Å². The molecule has 1 aromatic heterocycles. The van der Waals surface area contributed by atoms with Crippen molar-refractivity contribution in [1.29, 1.82) is 0 Å². The molecule has 1 unspecified atom stereocenters. The Kier molecular flexibility index (Phi) is 4.15. The first-order chi connectivity index (χ1) is 11.5. The van der Waals surface area contributed by atoms with Crippen molar-refractivity contribution in [2.24, 2.45) is 0 Å². The minimum absolute atomic E-state index is 0.0601. The number of urea groups is 1. The summed E-state index contributed by atoms with van der Waals surface area (Å²) < 4.78 is 0. The Hall–Kier alpha value is -3.35. The van der Waals surface area contributed by atoms with Gasteiger partial charge in [0.25, 0.3) is 5.91 Å². The van der Waals surface area contributed by atoms with E-state index in [4.69, 9.17) is 0 Å². The Morgan fingerprint density at radius 2 is 2.12 bits per heavy atom. The number of carbonyl (C=O) groups excluding carboxylic acids is 2. The second-order valence-electron chi connectivity index (χ2n) is 5.36. The predicted octanol–water partition coefficient (Wildman–Crippen LogP) is 2.05. The molecular weight excluding hydrogens is 308 g/mol. The molecule has 1 atom stereocenters. The van der Waals surface area contributed by atoms with Crippen LogP contribution < -0.4 is 16.0 Å². The summed E-state index contributed by atoms with van der Waals surface area (Å²) in [7, 11) is 0. The van der Waals surface area contributed by atoms with Gasteiger partial charge in [0.15, 0.2) is 0 Å². The van der Waals surface area contributed by atoms with E-state index < -0.39 is 12.1 Å². The standard InChI is InChI=1S/C17H16N4O3/c1-10-14(16(23)20-12-5-3-7-18-9-12)15(21-17(24)19-10)11-4-2-6-13(22)8-11/h2-9,15,22H,1H3,(H,20,23)(H2,19,21,24). The van der Waals surface area contributed by atoms with Gasteiger partial charge in [-0.3, -0.25) is 9.78 Å². The zero-order chi connectivity index (χ0) is 17.1. The molecule has 3 amide bonds. The van der Waals surface area contributed by atoms with Gasteiger partial charge in [-0.2, -0.15) is 0 Å². The van der Waals surface area contributed by atoms with Gasteiger partial charge in [0.05, 0.1) is 23.5 Å². The quantitative estimate of drug-likeness (QED) is 0.694. The number of aromatic nitrogens is 1. The topological polar surface area (TPSA) is 103 Å². The number of hydrogen-bond acceptors (Lipinski definition) is 4.